The number of amides is 1. The number of carbonyl (C=O) groups excluding carboxylic acids is 1. The molecule has 7 nitrogen and oxygen atoms in total. The number of piperidine rings is 1. The number of hydrogen-bond donors (Lipinski definition) is 1. The van der Waals surface area contributed by atoms with Gasteiger partial charge in [0.25, 0.3) is 5.91 Å². The van der Waals surface area contributed by atoms with E-state index in [1.54, 1.807) is 13.3 Å². The average Bonchev–Trinajstić information content (AvgIpc) is 3.03. The van der Waals surface area contributed by atoms with Gasteiger partial charge in [0.15, 0.2) is 0 Å². The summed E-state index contributed by atoms with van der Waals surface area (Å²) in [7, 11) is 1.60. The lowest BCUT2D eigenvalue weighted by Gasteiger charge is -2.38. The second-order valence-electron chi connectivity index (χ2n) is 7.21. The molecule has 4 rings (SSSR count). The van der Waals surface area contributed by atoms with Crippen molar-refractivity contribution in [2.24, 2.45) is 5.92 Å². The van der Waals surface area contributed by atoms with Crippen molar-refractivity contribution in [3.8, 4) is 11.6 Å². The molecule has 0 spiro atoms. The van der Waals surface area contributed by atoms with Gasteiger partial charge in [-0.15, -0.1) is 0 Å². The van der Waals surface area contributed by atoms with Crippen molar-refractivity contribution in [3.05, 3.63) is 41.2 Å². The number of carbonyl (C=O) groups is 1. The van der Waals surface area contributed by atoms with Gasteiger partial charge >= 0.3 is 0 Å². The van der Waals surface area contributed by atoms with Crippen LogP contribution in [0, 0.1) is 12.8 Å². The van der Waals surface area contributed by atoms with Crippen LogP contribution in [0.1, 0.15) is 35.0 Å². The molecule has 1 fully saturated rings. The molecule has 142 valence electrons. The van der Waals surface area contributed by atoms with Crippen molar-refractivity contribution < 1.29 is 14.3 Å². The molecule has 0 aliphatic carbocycles. The monoisotopic (exact) mass is 368 g/mol. The standard InChI is InChI=1S/C20H24N4O3/c1-12-8-15-16(10-22-20(15)25)23-19(12)24-7-6-17(13(2)11-24)27-14-4-5-18(26-3)21-9-14/h4-5,8-9,13,17H,6-7,10-11H2,1-3H3,(H,22,25)/t13-,17+/m0/s1. The van der Waals surface area contributed by atoms with Gasteiger partial charge < -0.3 is 19.7 Å². The lowest BCUT2D eigenvalue weighted by atomic mass is 9.96. The molecule has 1 N–H and O–H groups in total. The van der Waals surface area contributed by atoms with Gasteiger partial charge in [0, 0.05) is 31.5 Å². The molecule has 1 amide bonds. The summed E-state index contributed by atoms with van der Waals surface area (Å²) in [5, 5.41) is 2.84. The first-order chi connectivity index (χ1) is 13.0. The van der Waals surface area contributed by atoms with Gasteiger partial charge in [-0.05, 0) is 24.6 Å². The largest absolute Gasteiger partial charge is 0.488 e. The Balaban J connectivity index is 1.45. The maximum atomic E-state index is 11.8. The molecule has 0 bridgehead atoms. The van der Waals surface area contributed by atoms with Gasteiger partial charge in [0.05, 0.1) is 31.1 Å². The number of ether oxygens (including phenoxy) is 2. The third kappa shape index (κ3) is 3.41. The highest BCUT2D eigenvalue weighted by molar-refractivity contribution is 5.98. The molecule has 27 heavy (non-hydrogen) atoms. The molecular weight excluding hydrogens is 344 g/mol. The fraction of sp³-hybridized carbons (Fsp3) is 0.450. The van der Waals surface area contributed by atoms with Crippen LogP contribution < -0.4 is 19.7 Å². The second-order valence-corrected chi connectivity index (χ2v) is 7.21. The van der Waals surface area contributed by atoms with Crippen molar-refractivity contribution >= 4 is 11.7 Å². The fourth-order valence-corrected chi connectivity index (χ4v) is 3.77. The van der Waals surface area contributed by atoms with Crippen molar-refractivity contribution in [1.82, 2.24) is 15.3 Å². The highest BCUT2D eigenvalue weighted by Gasteiger charge is 2.30. The van der Waals surface area contributed by atoms with Gasteiger partial charge in [-0.3, -0.25) is 4.79 Å². The number of anilines is 1. The molecule has 4 heterocycles. The Labute approximate surface area is 158 Å². The molecule has 0 saturated carbocycles. The van der Waals surface area contributed by atoms with E-state index < -0.39 is 0 Å². The van der Waals surface area contributed by atoms with E-state index in [4.69, 9.17) is 14.5 Å². The Morgan fingerprint density at radius 3 is 2.89 bits per heavy atom. The smallest absolute Gasteiger partial charge is 0.253 e. The van der Waals surface area contributed by atoms with Crippen molar-refractivity contribution in [1.29, 1.82) is 0 Å². The summed E-state index contributed by atoms with van der Waals surface area (Å²) < 4.78 is 11.2. The summed E-state index contributed by atoms with van der Waals surface area (Å²) in [5.41, 5.74) is 2.59. The maximum absolute atomic E-state index is 11.8. The highest BCUT2D eigenvalue weighted by atomic mass is 16.5. The number of nitrogens with zero attached hydrogens (tertiary/aromatic N) is 3. The van der Waals surface area contributed by atoms with Gasteiger partial charge in [0.1, 0.15) is 17.7 Å². The van der Waals surface area contributed by atoms with E-state index >= 15 is 0 Å². The van der Waals surface area contributed by atoms with Crippen LogP contribution >= 0.6 is 0 Å². The minimum Gasteiger partial charge on any atom is -0.488 e. The molecule has 0 unspecified atom stereocenters. The minimum absolute atomic E-state index is 0.0271. The minimum atomic E-state index is -0.0271. The van der Waals surface area contributed by atoms with E-state index in [1.807, 2.05) is 25.1 Å². The number of methoxy groups -OCH3 is 1. The molecule has 2 aromatic rings. The summed E-state index contributed by atoms with van der Waals surface area (Å²) in [6.45, 7) is 6.46. The zero-order valence-corrected chi connectivity index (χ0v) is 15.9. The van der Waals surface area contributed by atoms with E-state index in [0.717, 1.165) is 42.3 Å². The number of rotatable bonds is 4. The second kappa shape index (κ2) is 7.06. The third-order valence-electron chi connectivity index (χ3n) is 5.26. The topological polar surface area (TPSA) is 76.6 Å². The number of hydrogen-bond acceptors (Lipinski definition) is 6. The van der Waals surface area contributed by atoms with Gasteiger partial charge in [-0.1, -0.05) is 6.92 Å². The zero-order valence-electron chi connectivity index (χ0n) is 15.9. The average molecular weight is 368 g/mol. The zero-order chi connectivity index (χ0) is 19.0. The third-order valence-corrected chi connectivity index (χ3v) is 5.26. The van der Waals surface area contributed by atoms with E-state index in [9.17, 15) is 4.79 Å². The fourth-order valence-electron chi connectivity index (χ4n) is 3.77. The van der Waals surface area contributed by atoms with Gasteiger partial charge in [-0.25, -0.2) is 9.97 Å². The predicted octanol–water partition coefficient (Wildman–Crippen LogP) is 2.33. The molecule has 2 aliphatic heterocycles. The lowest BCUT2D eigenvalue weighted by Crippen LogP contribution is -2.45. The van der Waals surface area contributed by atoms with Crippen LogP contribution in [0.5, 0.6) is 11.6 Å². The first-order valence-corrected chi connectivity index (χ1v) is 9.25. The summed E-state index contributed by atoms with van der Waals surface area (Å²) in [6.07, 6.45) is 2.74. The van der Waals surface area contributed by atoms with E-state index in [-0.39, 0.29) is 12.0 Å². The number of fused-ring (bicyclic) bond motifs is 1. The van der Waals surface area contributed by atoms with Crippen LogP contribution in [-0.2, 0) is 6.54 Å². The quantitative estimate of drug-likeness (QED) is 0.893. The van der Waals surface area contributed by atoms with Crippen molar-refractivity contribution in [2.45, 2.75) is 32.9 Å². The van der Waals surface area contributed by atoms with E-state index in [2.05, 4.69) is 22.1 Å². The molecule has 1 saturated heterocycles. The number of aromatic nitrogens is 2. The van der Waals surface area contributed by atoms with Crippen molar-refractivity contribution in [2.75, 3.05) is 25.1 Å². The van der Waals surface area contributed by atoms with Gasteiger partial charge in [0.2, 0.25) is 5.88 Å². The first kappa shape index (κ1) is 17.6. The highest BCUT2D eigenvalue weighted by Crippen LogP contribution is 2.29. The van der Waals surface area contributed by atoms with Gasteiger partial charge in [-0.2, -0.15) is 0 Å². The Hall–Kier alpha value is -2.83. The predicted molar refractivity (Wildman–Crippen MR) is 101 cm³/mol. The van der Waals surface area contributed by atoms with Crippen LogP contribution in [0.4, 0.5) is 5.82 Å². The van der Waals surface area contributed by atoms with E-state index in [0.29, 0.717) is 23.9 Å². The van der Waals surface area contributed by atoms with Crippen LogP contribution in [0.15, 0.2) is 24.4 Å². The molecule has 2 aliphatic rings. The maximum Gasteiger partial charge on any atom is 0.253 e. The van der Waals surface area contributed by atoms with Crippen LogP contribution in [0.3, 0.4) is 0 Å². The molecule has 0 aromatic carbocycles. The summed E-state index contributed by atoms with van der Waals surface area (Å²) >= 11 is 0. The molecule has 2 atom stereocenters. The summed E-state index contributed by atoms with van der Waals surface area (Å²) in [4.78, 5) is 23.1. The van der Waals surface area contributed by atoms with E-state index in [1.165, 1.54) is 0 Å². The Kier molecular flexibility index (Phi) is 4.59. The summed E-state index contributed by atoms with van der Waals surface area (Å²) in [6, 6.07) is 5.65. The normalized spacial score (nSPS) is 21.6. The Bertz CT molecular complexity index is 853. The molecule has 7 heteroatoms. The first-order valence-electron chi connectivity index (χ1n) is 9.25. The molecule has 2 aromatic heterocycles. The number of nitrogens with one attached hydrogen (secondary N) is 1. The molecule has 0 radical (unpaired) electrons. The SMILES string of the molecule is COc1ccc(O[C@@H]2CCN(c3nc4c(cc3C)C(=O)NC4)C[C@@H]2C)cn1. The Morgan fingerprint density at radius 2 is 2.19 bits per heavy atom. The number of aryl methyl sites for hydroxylation is 1. The van der Waals surface area contributed by atoms with Crippen LogP contribution in [0.25, 0.3) is 0 Å². The van der Waals surface area contributed by atoms with Crippen LogP contribution in [0.2, 0.25) is 0 Å². The Morgan fingerprint density at radius 1 is 1.33 bits per heavy atom. The molecular formula is C20H24N4O3. The van der Waals surface area contributed by atoms with Crippen molar-refractivity contribution in [3.63, 3.8) is 0 Å². The number of pyridine rings is 2. The van der Waals surface area contributed by atoms with Crippen LogP contribution in [-0.4, -0.2) is 42.2 Å². The lowest BCUT2D eigenvalue weighted by molar-refractivity contribution is 0.0965. The summed E-state index contributed by atoms with van der Waals surface area (Å²) in [5.74, 6) is 2.63.